The molecule has 1 saturated heterocycles. The predicted molar refractivity (Wildman–Crippen MR) is 119 cm³/mol. The van der Waals surface area contributed by atoms with Crippen LogP contribution < -0.4 is 0 Å². The summed E-state index contributed by atoms with van der Waals surface area (Å²) in [6.45, 7) is 4.51. The van der Waals surface area contributed by atoms with Gasteiger partial charge in [0.2, 0.25) is 0 Å². The van der Waals surface area contributed by atoms with Crippen molar-refractivity contribution in [2.24, 2.45) is 0 Å². The number of aromatic nitrogens is 2. The molecule has 160 valence electrons. The third kappa shape index (κ3) is 4.68. The number of piperidine rings is 1. The van der Waals surface area contributed by atoms with Gasteiger partial charge in [-0.25, -0.2) is 9.48 Å². The van der Waals surface area contributed by atoms with Gasteiger partial charge in [-0.1, -0.05) is 48.0 Å². The number of amides is 1. The molecule has 0 saturated carbocycles. The molecule has 6 heteroatoms. The number of rotatable bonds is 5. The fraction of sp³-hybridized carbons (Fsp3) is 0.320. The highest BCUT2D eigenvalue weighted by molar-refractivity contribution is 5.97. The van der Waals surface area contributed by atoms with E-state index in [-0.39, 0.29) is 18.6 Å². The quantitative estimate of drug-likeness (QED) is 0.577. The standard InChI is InChI=1S/C25H27N3O3/c1-18-11-13-20(14-12-18)24-22(16-28(26-24)21-9-4-3-5-10-21)25(30)31-17-23(29)27-15-7-6-8-19(27)2/h3-5,9-14,16,19H,6-8,15,17H2,1-2H3/t19-/m0/s1. The highest BCUT2D eigenvalue weighted by atomic mass is 16.5. The van der Waals surface area contributed by atoms with E-state index in [9.17, 15) is 9.59 Å². The molecule has 0 spiro atoms. The summed E-state index contributed by atoms with van der Waals surface area (Å²) in [5.74, 6) is -0.691. The highest BCUT2D eigenvalue weighted by Crippen LogP contribution is 2.25. The van der Waals surface area contributed by atoms with Crippen molar-refractivity contribution in [2.75, 3.05) is 13.2 Å². The Morgan fingerprint density at radius 3 is 2.52 bits per heavy atom. The molecule has 2 heterocycles. The number of hydrogen-bond donors (Lipinski definition) is 0. The zero-order chi connectivity index (χ0) is 21.8. The molecule has 0 N–H and O–H groups in total. The molecule has 4 rings (SSSR count). The van der Waals surface area contributed by atoms with Gasteiger partial charge in [-0.2, -0.15) is 5.10 Å². The lowest BCUT2D eigenvalue weighted by Crippen LogP contribution is -2.44. The molecule has 31 heavy (non-hydrogen) atoms. The van der Waals surface area contributed by atoms with Crippen LogP contribution in [0.15, 0.2) is 60.8 Å². The molecule has 2 aromatic carbocycles. The Kier molecular flexibility index (Phi) is 6.16. The van der Waals surface area contributed by atoms with Crippen molar-refractivity contribution in [2.45, 2.75) is 39.2 Å². The molecule has 0 aliphatic carbocycles. The molecule has 6 nitrogen and oxygen atoms in total. The van der Waals surface area contributed by atoms with E-state index in [1.54, 1.807) is 10.9 Å². The van der Waals surface area contributed by atoms with E-state index >= 15 is 0 Å². The maximum atomic E-state index is 13.0. The molecule has 0 unspecified atom stereocenters. The normalized spacial score (nSPS) is 16.2. The van der Waals surface area contributed by atoms with Crippen LogP contribution in [-0.4, -0.2) is 45.8 Å². The smallest absolute Gasteiger partial charge is 0.342 e. The molecule has 0 radical (unpaired) electrons. The van der Waals surface area contributed by atoms with Crippen molar-refractivity contribution in [3.63, 3.8) is 0 Å². The number of ether oxygens (including phenoxy) is 1. The second-order valence-corrected chi connectivity index (χ2v) is 8.05. The van der Waals surface area contributed by atoms with Gasteiger partial charge in [-0.05, 0) is 45.2 Å². The van der Waals surface area contributed by atoms with Gasteiger partial charge in [0, 0.05) is 24.3 Å². The van der Waals surface area contributed by atoms with Crippen molar-refractivity contribution >= 4 is 11.9 Å². The Bertz CT molecular complexity index is 1060. The van der Waals surface area contributed by atoms with Gasteiger partial charge in [-0.3, -0.25) is 4.79 Å². The molecule has 3 aromatic rings. The summed E-state index contributed by atoms with van der Waals surface area (Å²) >= 11 is 0. The first-order valence-corrected chi connectivity index (χ1v) is 10.7. The molecule has 1 atom stereocenters. The molecule has 1 aliphatic heterocycles. The monoisotopic (exact) mass is 417 g/mol. The van der Waals surface area contributed by atoms with E-state index in [1.807, 2.05) is 73.3 Å². The summed E-state index contributed by atoms with van der Waals surface area (Å²) in [5, 5.41) is 4.65. The molecule has 1 aromatic heterocycles. The third-order valence-corrected chi connectivity index (χ3v) is 5.73. The maximum absolute atomic E-state index is 13.0. The molecule has 1 amide bonds. The van der Waals surface area contributed by atoms with Crippen LogP contribution in [0, 0.1) is 6.92 Å². The van der Waals surface area contributed by atoms with Crippen molar-refractivity contribution in [1.82, 2.24) is 14.7 Å². The minimum atomic E-state index is -0.546. The van der Waals surface area contributed by atoms with Crippen molar-refractivity contribution < 1.29 is 14.3 Å². The van der Waals surface area contributed by atoms with Crippen LogP contribution in [0.2, 0.25) is 0 Å². The van der Waals surface area contributed by atoms with Gasteiger partial charge in [0.1, 0.15) is 11.3 Å². The average molecular weight is 418 g/mol. The number of para-hydroxylation sites is 1. The lowest BCUT2D eigenvalue weighted by Gasteiger charge is -2.33. The lowest BCUT2D eigenvalue weighted by molar-refractivity contribution is -0.137. The minimum Gasteiger partial charge on any atom is -0.452 e. The predicted octanol–water partition coefficient (Wildman–Crippen LogP) is 4.41. The first-order valence-electron chi connectivity index (χ1n) is 10.7. The second kappa shape index (κ2) is 9.16. The van der Waals surface area contributed by atoms with Crippen LogP contribution in [0.1, 0.15) is 42.1 Å². The van der Waals surface area contributed by atoms with Gasteiger partial charge in [0.15, 0.2) is 6.61 Å². The van der Waals surface area contributed by atoms with E-state index in [0.717, 1.165) is 42.6 Å². The van der Waals surface area contributed by atoms with E-state index in [4.69, 9.17) is 4.74 Å². The SMILES string of the molecule is Cc1ccc(-c2nn(-c3ccccc3)cc2C(=O)OCC(=O)N2CCCC[C@@H]2C)cc1. The summed E-state index contributed by atoms with van der Waals surface area (Å²) in [6, 6.07) is 17.6. The number of esters is 1. The Hall–Kier alpha value is -3.41. The number of carbonyl (C=O) groups is 2. The lowest BCUT2D eigenvalue weighted by atomic mass is 10.0. The van der Waals surface area contributed by atoms with Crippen molar-refractivity contribution in [3.8, 4) is 16.9 Å². The van der Waals surface area contributed by atoms with Crippen molar-refractivity contribution in [3.05, 3.63) is 71.9 Å². The largest absolute Gasteiger partial charge is 0.452 e. The summed E-state index contributed by atoms with van der Waals surface area (Å²) in [5.41, 5.74) is 3.66. The third-order valence-electron chi connectivity index (χ3n) is 5.73. The first-order chi connectivity index (χ1) is 15.0. The number of benzene rings is 2. The van der Waals surface area contributed by atoms with E-state index in [2.05, 4.69) is 5.10 Å². The van der Waals surface area contributed by atoms with Crippen LogP contribution in [0.25, 0.3) is 16.9 Å². The summed E-state index contributed by atoms with van der Waals surface area (Å²) in [7, 11) is 0. The number of aryl methyl sites for hydroxylation is 1. The first kappa shape index (κ1) is 20.8. The second-order valence-electron chi connectivity index (χ2n) is 8.05. The van der Waals surface area contributed by atoms with Gasteiger partial charge in [0.05, 0.1) is 5.69 Å². The van der Waals surface area contributed by atoms with E-state index < -0.39 is 5.97 Å². The molecule has 1 fully saturated rings. The summed E-state index contributed by atoms with van der Waals surface area (Å²) in [6.07, 6.45) is 4.77. The van der Waals surface area contributed by atoms with Crippen LogP contribution in [0.4, 0.5) is 0 Å². The van der Waals surface area contributed by atoms with Gasteiger partial charge in [-0.15, -0.1) is 0 Å². The molecule has 0 bridgehead atoms. The van der Waals surface area contributed by atoms with Gasteiger partial charge in [0.25, 0.3) is 5.91 Å². The van der Waals surface area contributed by atoms with Crippen LogP contribution in [-0.2, 0) is 9.53 Å². The topological polar surface area (TPSA) is 64.4 Å². The number of nitrogens with zero attached hydrogens (tertiary/aromatic N) is 3. The number of likely N-dealkylation sites (tertiary alicyclic amines) is 1. The van der Waals surface area contributed by atoms with Crippen LogP contribution in [0.3, 0.4) is 0 Å². The minimum absolute atomic E-state index is 0.145. The maximum Gasteiger partial charge on any atom is 0.342 e. The highest BCUT2D eigenvalue weighted by Gasteiger charge is 2.25. The Labute approximate surface area is 182 Å². The average Bonchev–Trinajstić information content (AvgIpc) is 3.24. The summed E-state index contributed by atoms with van der Waals surface area (Å²) in [4.78, 5) is 27.4. The summed E-state index contributed by atoms with van der Waals surface area (Å²) < 4.78 is 7.11. The Morgan fingerprint density at radius 2 is 1.81 bits per heavy atom. The van der Waals surface area contributed by atoms with Crippen molar-refractivity contribution in [1.29, 1.82) is 0 Å². The molecular formula is C25H27N3O3. The van der Waals surface area contributed by atoms with E-state index in [0.29, 0.717) is 11.3 Å². The number of carbonyl (C=O) groups excluding carboxylic acids is 2. The number of hydrogen-bond acceptors (Lipinski definition) is 4. The fourth-order valence-corrected chi connectivity index (χ4v) is 3.92. The van der Waals surface area contributed by atoms with Gasteiger partial charge < -0.3 is 9.64 Å². The Morgan fingerprint density at radius 1 is 1.06 bits per heavy atom. The van der Waals surface area contributed by atoms with Crippen LogP contribution in [0.5, 0.6) is 0 Å². The molecular weight excluding hydrogens is 390 g/mol. The van der Waals surface area contributed by atoms with Gasteiger partial charge >= 0.3 is 5.97 Å². The van der Waals surface area contributed by atoms with Crippen LogP contribution >= 0.6 is 0 Å². The fourth-order valence-electron chi connectivity index (χ4n) is 3.92. The van der Waals surface area contributed by atoms with E-state index in [1.165, 1.54) is 0 Å². The molecule has 1 aliphatic rings. The zero-order valence-electron chi connectivity index (χ0n) is 18.0. The zero-order valence-corrected chi connectivity index (χ0v) is 18.0. The Balaban J connectivity index is 1.58.